The maximum atomic E-state index is 13.4. The van der Waals surface area contributed by atoms with Gasteiger partial charge in [0.05, 0.1) is 11.5 Å². The summed E-state index contributed by atoms with van der Waals surface area (Å²) in [5, 5.41) is 8.64. The van der Waals surface area contributed by atoms with Gasteiger partial charge in [-0.2, -0.15) is 5.26 Å². The summed E-state index contributed by atoms with van der Waals surface area (Å²) >= 11 is 0. The molecule has 0 N–H and O–H groups in total. The van der Waals surface area contributed by atoms with Crippen LogP contribution in [0.3, 0.4) is 0 Å². The molecule has 1 fully saturated rings. The lowest BCUT2D eigenvalue weighted by Gasteiger charge is -2.24. The minimum atomic E-state index is -0.673. The van der Waals surface area contributed by atoms with Gasteiger partial charge < -0.3 is 4.74 Å². The minimum absolute atomic E-state index is 0.0590. The fourth-order valence-corrected chi connectivity index (χ4v) is 2.44. The van der Waals surface area contributed by atoms with Crippen LogP contribution < -0.4 is 4.74 Å². The van der Waals surface area contributed by atoms with Crippen molar-refractivity contribution >= 4 is 5.97 Å². The van der Waals surface area contributed by atoms with Crippen LogP contribution in [0.2, 0.25) is 0 Å². The quantitative estimate of drug-likeness (QED) is 0.480. The molecule has 2 rings (SSSR count). The third kappa shape index (κ3) is 3.24. The fraction of sp³-hybridized carbons (Fsp3) is 0.375. The van der Waals surface area contributed by atoms with Crippen molar-refractivity contribution in [3.05, 3.63) is 42.2 Å². The van der Waals surface area contributed by atoms with Crippen LogP contribution in [-0.4, -0.2) is 5.97 Å². The minimum Gasteiger partial charge on any atom is -0.426 e. The highest BCUT2D eigenvalue weighted by Crippen LogP contribution is 2.30. The van der Waals surface area contributed by atoms with E-state index in [0.717, 1.165) is 31.7 Å². The molecule has 3 nitrogen and oxygen atoms in total. The molecule has 0 heterocycles. The second-order valence-corrected chi connectivity index (χ2v) is 5.02. The molecular weight excluding hydrogens is 257 g/mol. The van der Waals surface area contributed by atoms with Gasteiger partial charge in [-0.1, -0.05) is 6.08 Å². The van der Waals surface area contributed by atoms with E-state index in [1.807, 2.05) is 6.08 Å². The highest BCUT2D eigenvalue weighted by molar-refractivity contribution is 5.75. The van der Waals surface area contributed by atoms with Crippen molar-refractivity contribution in [2.45, 2.75) is 25.7 Å². The molecule has 1 aliphatic rings. The van der Waals surface area contributed by atoms with E-state index in [2.05, 4.69) is 6.58 Å². The predicted molar refractivity (Wildman–Crippen MR) is 72.4 cm³/mol. The number of ether oxygens (including phenoxy) is 1. The fourth-order valence-electron chi connectivity index (χ4n) is 2.44. The average Bonchev–Trinajstić information content (AvgIpc) is 2.47. The first-order valence-corrected chi connectivity index (χ1v) is 6.68. The van der Waals surface area contributed by atoms with E-state index in [9.17, 15) is 9.18 Å². The molecule has 0 saturated heterocycles. The van der Waals surface area contributed by atoms with Gasteiger partial charge in [0.15, 0.2) is 0 Å². The average molecular weight is 273 g/mol. The van der Waals surface area contributed by atoms with Crippen LogP contribution >= 0.6 is 0 Å². The van der Waals surface area contributed by atoms with E-state index < -0.39 is 5.82 Å². The van der Waals surface area contributed by atoms with Crippen molar-refractivity contribution in [2.24, 2.45) is 11.8 Å². The zero-order valence-corrected chi connectivity index (χ0v) is 11.1. The normalized spacial score (nSPS) is 21.8. The number of rotatable bonds is 3. The Morgan fingerprint density at radius 3 is 2.65 bits per heavy atom. The van der Waals surface area contributed by atoms with Crippen LogP contribution in [0.5, 0.6) is 5.75 Å². The maximum Gasteiger partial charge on any atom is 0.314 e. The first-order valence-electron chi connectivity index (χ1n) is 6.68. The van der Waals surface area contributed by atoms with Crippen molar-refractivity contribution in [3.63, 3.8) is 0 Å². The first kappa shape index (κ1) is 14.3. The van der Waals surface area contributed by atoms with Crippen molar-refractivity contribution in [3.8, 4) is 11.8 Å². The standard InChI is InChI=1S/C16H16FNO2/c1-2-11-3-5-12(6-4-11)16(19)20-14-8-7-13(10-18)15(17)9-14/h2,7-9,11-12H,1,3-6H2. The topological polar surface area (TPSA) is 50.1 Å². The Bertz CT molecular complexity index is 554. The zero-order valence-electron chi connectivity index (χ0n) is 11.1. The Kier molecular flexibility index (Phi) is 4.52. The summed E-state index contributed by atoms with van der Waals surface area (Å²) in [6, 6.07) is 5.55. The molecule has 0 unspecified atom stereocenters. The van der Waals surface area contributed by atoms with Gasteiger partial charge in [-0.15, -0.1) is 6.58 Å². The van der Waals surface area contributed by atoms with Gasteiger partial charge in [-0.05, 0) is 43.7 Å². The van der Waals surface area contributed by atoms with Crippen LogP contribution in [0.25, 0.3) is 0 Å². The molecule has 1 aromatic carbocycles. The van der Waals surface area contributed by atoms with Gasteiger partial charge in [0.1, 0.15) is 17.6 Å². The van der Waals surface area contributed by atoms with E-state index in [4.69, 9.17) is 10.00 Å². The number of carbonyl (C=O) groups excluding carboxylic acids is 1. The SMILES string of the molecule is C=CC1CCC(C(=O)Oc2ccc(C#N)c(F)c2)CC1. The smallest absolute Gasteiger partial charge is 0.314 e. The van der Waals surface area contributed by atoms with Crippen LogP contribution in [0.1, 0.15) is 31.2 Å². The van der Waals surface area contributed by atoms with Crippen molar-refractivity contribution in [1.82, 2.24) is 0 Å². The molecule has 0 bridgehead atoms. The van der Waals surface area contributed by atoms with Gasteiger partial charge in [-0.25, -0.2) is 4.39 Å². The summed E-state index contributed by atoms with van der Waals surface area (Å²) in [7, 11) is 0. The number of nitrogens with zero attached hydrogens (tertiary/aromatic N) is 1. The molecule has 0 radical (unpaired) electrons. The Balaban J connectivity index is 1.97. The summed E-state index contributed by atoms with van der Waals surface area (Å²) in [5.41, 5.74) is -0.0590. The van der Waals surface area contributed by atoms with E-state index in [0.29, 0.717) is 5.92 Å². The second kappa shape index (κ2) is 6.33. The molecule has 1 saturated carbocycles. The molecular formula is C16H16FNO2. The monoisotopic (exact) mass is 273 g/mol. The summed E-state index contributed by atoms with van der Waals surface area (Å²) in [5.74, 6) is -0.501. The highest BCUT2D eigenvalue weighted by Gasteiger charge is 2.26. The number of hydrogen-bond donors (Lipinski definition) is 0. The van der Waals surface area contributed by atoms with E-state index in [-0.39, 0.29) is 23.2 Å². The van der Waals surface area contributed by atoms with E-state index >= 15 is 0 Å². The van der Waals surface area contributed by atoms with Crippen molar-refractivity contribution in [2.75, 3.05) is 0 Å². The van der Waals surface area contributed by atoms with Gasteiger partial charge >= 0.3 is 5.97 Å². The maximum absolute atomic E-state index is 13.4. The second-order valence-electron chi connectivity index (χ2n) is 5.02. The number of halogens is 1. The number of allylic oxidation sites excluding steroid dienone is 1. The largest absolute Gasteiger partial charge is 0.426 e. The molecule has 0 amide bonds. The number of carbonyl (C=O) groups is 1. The molecule has 1 aliphatic carbocycles. The molecule has 1 aromatic rings. The summed E-state index contributed by atoms with van der Waals surface area (Å²) in [6.45, 7) is 3.76. The Morgan fingerprint density at radius 1 is 1.40 bits per heavy atom. The van der Waals surface area contributed by atoms with Gasteiger partial charge in [0.25, 0.3) is 0 Å². The molecule has 4 heteroatoms. The van der Waals surface area contributed by atoms with E-state index in [1.165, 1.54) is 12.1 Å². The summed E-state index contributed by atoms with van der Waals surface area (Å²) in [4.78, 5) is 12.0. The molecule has 0 spiro atoms. The Morgan fingerprint density at radius 2 is 2.10 bits per heavy atom. The van der Waals surface area contributed by atoms with Gasteiger partial charge in [-0.3, -0.25) is 4.79 Å². The van der Waals surface area contributed by atoms with Crippen LogP contribution in [-0.2, 0) is 4.79 Å². The molecule has 0 atom stereocenters. The molecule has 104 valence electrons. The lowest BCUT2D eigenvalue weighted by atomic mass is 9.82. The van der Waals surface area contributed by atoms with Gasteiger partial charge in [0, 0.05) is 6.07 Å². The predicted octanol–water partition coefficient (Wildman–Crippen LogP) is 3.60. The van der Waals surface area contributed by atoms with Crippen molar-refractivity contribution < 1.29 is 13.9 Å². The summed E-state index contributed by atoms with van der Waals surface area (Å²) < 4.78 is 18.6. The van der Waals surface area contributed by atoms with Crippen LogP contribution in [0.4, 0.5) is 4.39 Å². The Labute approximate surface area is 117 Å². The lowest BCUT2D eigenvalue weighted by molar-refractivity contribution is -0.140. The summed E-state index contributed by atoms with van der Waals surface area (Å²) in [6.07, 6.45) is 5.34. The number of esters is 1. The number of nitriles is 1. The first-order chi connectivity index (χ1) is 9.63. The number of benzene rings is 1. The van der Waals surface area contributed by atoms with Crippen molar-refractivity contribution in [1.29, 1.82) is 5.26 Å². The Hall–Kier alpha value is -2.15. The zero-order chi connectivity index (χ0) is 14.5. The molecule has 0 aromatic heterocycles. The van der Waals surface area contributed by atoms with Crippen LogP contribution in [0.15, 0.2) is 30.9 Å². The highest BCUT2D eigenvalue weighted by atomic mass is 19.1. The van der Waals surface area contributed by atoms with E-state index in [1.54, 1.807) is 6.07 Å². The molecule has 20 heavy (non-hydrogen) atoms. The third-order valence-corrected chi connectivity index (χ3v) is 3.72. The number of hydrogen-bond acceptors (Lipinski definition) is 3. The lowest BCUT2D eigenvalue weighted by Crippen LogP contribution is -2.25. The third-order valence-electron chi connectivity index (χ3n) is 3.72. The van der Waals surface area contributed by atoms with Gasteiger partial charge in [0.2, 0.25) is 0 Å². The molecule has 0 aliphatic heterocycles. The van der Waals surface area contributed by atoms with Crippen LogP contribution in [0, 0.1) is 29.0 Å².